The third kappa shape index (κ3) is 2.24. The second kappa shape index (κ2) is 3.79. The van der Waals surface area contributed by atoms with Crippen LogP contribution in [0.3, 0.4) is 0 Å². The fraction of sp³-hybridized carbons (Fsp3) is 0. The Bertz CT molecular complexity index is 666. The minimum Gasteiger partial charge on any atom is -0.366 e. The molecule has 90 valence electrons. The molecule has 0 bridgehead atoms. The number of benzene rings is 1. The summed E-state index contributed by atoms with van der Waals surface area (Å²) in [5.41, 5.74) is 5.31. The van der Waals surface area contributed by atoms with Gasteiger partial charge >= 0.3 is 0 Å². The Morgan fingerprint density at radius 1 is 1.35 bits per heavy atom. The van der Waals surface area contributed by atoms with Crippen LogP contribution >= 0.6 is 0 Å². The van der Waals surface area contributed by atoms with Crippen LogP contribution in [0.5, 0.6) is 0 Å². The number of sulfonamides is 1. The molecule has 0 radical (unpaired) electrons. The monoisotopic (exact) mass is 257 g/mol. The lowest BCUT2D eigenvalue weighted by molar-refractivity contribution is 0.588. The van der Waals surface area contributed by atoms with E-state index in [0.29, 0.717) is 0 Å². The fourth-order valence-corrected chi connectivity index (χ4v) is 1.77. The van der Waals surface area contributed by atoms with Crippen LogP contribution in [0.1, 0.15) is 0 Å². The molecule has 0 amide bonds. The van der Waals surface area contributed by atoms with Crippen LogP contribution in [0.4, 0.5) is 10.3 Å². The Morgan fingerprint density at radius 3 is 2.53 bits per heavy atom. The summed E-state index contributed by atoms with van der Waals surface area (Å²) in [7, 11) is -3.93. The molecule has 0 spiro atoms. The van der Waals surface area contributed by atoms with E-state index in [2.05, 4.69) is 10.1 Å². The zero-order chi connectivity index (χ0) is 12.6. The molecule has 1 aromatic carbocycles. The van der Waals surface area contributed by atoms with Crippen molar-refractivity contribution in [1.29, 1.82) is 0 Å². The Hall–Kier alpha value is -2.00. The Balaban J connectivity index is 2.53. The van der Waals surface area contributed by atoms with Crippen molar-refractivity contribution < 1.29 is 12.8 Å². The molecule has 0 fully saturated rings. The van der Waals surface area contributed by atoms with Gasteiger partial charge in [0.2, 0.25) is 16.0 Å². The molecule has 0 atom stereocenters. The van der Waals surface area contributed by atoms with E-state index in [1.807, 2.05) is 0 Å². The molecule has 4 N–H and O–H groups in total. The van der Waals surface area contributed by atoms with Gasteiger partial charge in [0.15, 0.2) is 0 Å². The molecule has 0 saturated carbocycles. The molecule has 0 aliphatic rings. The summed E-state index contributed by atoms with van der Waals surface area (Å²) >= 11 is 0. The van der Waals surface area contributed by atoms with Crippen LogP contribution in [0.15, 0.2) is 29.4 Å². The molecular weight excluding hydrogens is 249 g/mol. The summed E-state index contributed by atoms with van der Waals surface area (Å²) in [6, 6.07) is 3.21. The number of anilines is 1. The zero-order valence-corrected chi connectivity index (χ0v) is 9.22. The number of rotatable bonds is 2. The van der Waals surface area contributed by atoms with Gasteiger partial charge in [-0.3, -0.25) is 0 Å². The second-order valence-electron chi connectivity index (χ2n) is 3.21. The molecule has 7 nitrogen and oxygen atoms in total. The van der Waals surface area contributed by atoms with Crippen molar-refractivity contribution in [2.75, 3.05) is 5.73 Å². The first-order valence-electron chi connectivity index (χ1n) is 4.38. The van der Waals surface area contributed by atoms with Gasteiger partial charge in [-0.25, -0.2) is 27.6 Å². The number of primary sulfonamides is 1. The highest BCUT2D eigenvalue weighted by Crippen LogP contribution is 2.16. The molecule has 1 aromatic heterocycles. The van der Waals surface area contributed by atoms with Crippen molar-refractivity contribution in [3.05, 3.63) is 30.3 Å². The number of nitrogens with zero attached hydrogens (tertiary/aromatic N) is 3. The molecule has 2 rings (SSSR count). The number of hydrogen-bond acceptors (Lipinski definition) is 5. The predicted octanol–water partition coefficient (Wildman–Crippen LogP) is -0.364. The molecule has 0 saturated heterocycles. The van der Waals surface area contributed by atoms with Gasteiger partial charge in [-0.1, -0.05) is 0 Å². The lowest BCUT2D eigenvalue weighted by atomic mass is 10.3. The maximum atomic E-state index is 13.6. The Labute approximate surface area is 95.9 Å². The highest BCUT2D eigenvalue weighted by molar-refractivity contribution is 7.89. The van der Waals surface area contributed by atoms with E-state index >= 15 is 0 Å². The standard InChI is InChI=1S/C8H8FN5O2S/c9-6-3-5(17(11,15)16)1-2-7(6)14-4-12-8(10)13-14/h1-4H,(H2,10,13)(H2,11,15,16). The summed E-state index contributed by atoms with van der Waals surface area (Å²) in [6.07, 6.45) is 1.21. The SMILES string of the molecule is Nc1ncn(-c2ccc(S(N)(=O)=O)cc2F)n1. The first-order valence-corrected chi connectivity index (χ1v) is 5.92. The summed E-state index contributed by atoms with van der Waals surface area (Å²) in [4.78, 5) is 3.31. The van der Waals surface area contributed by atoms with Crippen LogP contribution in [0.2, 0.25) is 0 Å². The van der Waals surface area contributed by atoms with Crippen LogP contribution in [-0.4, -0.2) is 23.2 Å². The van der Waals surface area contributed by atoms with E-state index in [4.69, 9.17) is 10.9 Å². The summed E-state index contributed by atoms with van der Waals surface area (Å²) in [5.74, 6) is -0.804. The third-order valence-electron chi connectivity index (χ3n) is 2.00. The first-order chi connectivity index (χ1) is 7.88. The molecule has 9 heteroatoms. The number of nitrogens with two attached hydrogens (primary N) is 2. The maximum Gasteiger partial charge on any atom is 0.239 e. The summed E-state index contributed by atoms with van der Waals surface area (Å²) in [6.45, 7) is 0. The van der Waals surface area contributed by atoms with Gasteiger partial charge in [0.05, 0.1) is 4.90 Å². The van der Waals surface area contributed by atoms with E-state index in [-0.39, 0.29) is 16.5 Å². The minimum absolute atomic E-state index is 0.0140. The van der Waals surface area contributed by atoms with E-state index < -0.39 is 15.8 Å². The first kappa shape index (κ1) is 11.5. The molecule has 2 aromatic rings. The second-order valence-corrected chi connectivity index (χ2v) is 4.77. The van der Waals surface area contributed by atoms with Crippen molar-refractivity contribution >= 4 is 16.0 Å². The minimum atomic E-state index is -3.93. The van der Waals surface area contributed by atoms with Crippen LogP contribution in [0, 0.1) is 5.82 Å². The van der Waals surface area contributed by atoms with Crippen LogP contribution < -0.4 is 10.9 Å². The molecule has 17 heavy (non-hydrogen) atoms. The number of nitrogen functional groups attached to an aromatic ring is 1. The number of aromatic nitrogens is 3. The largest absolute Gasteiger partial charge is 0.366 e. The van der Waals surface area contributed by atoms with Gasteiger partial charge in [0.1, 0.15) is 17.8 Å². The molecule has 0 unspecified atom stereocenters. The Kier molecular flexibility index (Phi) is 2.56. The highest BCUT2D eigenvalue weighted by Gasteiger charge is 2.13. The van der Waals surface area contributed by atoms with Crippen LogP contribution in [-0.2, 0) is 10.0 Å². The lowest BCUT2D eigenvalue weighted by Crippen LogP contribution is -2.13. The topological polar surface area (TPSA) is 117 Å². The van der Waals surface area contributed by atoms with E-state index in [0.717, 1.165) is 10.7 Å². The van der Waals surface area contributed by atoms with Crippen molar-refractivity contribution in [3.63, 3.8) is 0 Å². The number of halogens is 1. The van der Waals surface area contributed by atoms with Gasteiger partial charge in [0, 0.05) is 0 Å². The van der Waals surface area contributed by atoms with E-state index in [1.54, 1.807) is 0 Å². The molecular formula is C8H8FN5O2S. The van der Waals surface area contributed by atoms with Crippen molar-refractivity contribution in [2.45, 2.75) is 4.90 Å². The molecule has 1 heterocycles. The lowest BCUT2D eigenvalue weighted by Gasteiger charge is -2.04. The summed E-state index contributed by atoms with van der Waals surface area (Å²) in [5, 5.41) is 8.57. The van der Waals surface area contributed by atoms with Gasteiger partial charge in [-0.05, 0) is 18.2 Å². The normalized spacial score (nSPS) is 11.6. The van der Waals surface area contributed by atoms with Crippen molar-refractivity contribution in [2.24, 2.45) is 5.14 Å². The Morgan fingerprint density at radius 2 is 2.06 bits per heavy atom. The number of hydrogen-bond donors (Lipinski definition) is 2. The predicted molar refractivity (Wildman–Crippen MR) is 57.1 cm³/mol. The van der Waals surface area contributed by atoms with Gasteiger partial charge in [-0.15, -0.1) is 5.10 Å². The third-order valence-corrected chi connectivity index (χ3v) is 2.92. The van der Waals surface area contributed by atoms with Gasteiger partial charge < -0.3 is 5.73 Å². The highest BCUT2D eigenvalue weighted by atomic mass is 32.2. The average molecular weight is 257 g/mol. The zero-order valence-electron chi connectivity index (χ0n) is 8.41. The molecule has 0 aliphatic carbocycles. The summed E-state index contributed by atoms with van der Waals surface area (Å²) < 4.78 is 36.7. The van der Waals surface area contributed by atoms with E-state index in [1.165, 1.54) is 18.5 Å². The van der Waals surface area contributed by atoms with Gasteiger partial charge in [-0.2, -0.15) is 0 Å². The fourth-order valence-electron chi connectivity index (χ4n) is 1.24. The quantitative estimate of drug-likeness (QED) is 0.761. The maximum absolute atomic E-state index is 13.6. The van der Waals surface area contributed by atoms with Crippen LogP contribution in [0.25, 0.3) is 5.69 Å². The van der Waals surface area contributed by atoms with Gasteiger partial charge in [0.25, 0.3) is 0 Å². The average Bonchev–Trinajstić information content (AvgIpc) is 2.63. The van der Waals surface area contributed by atoms with Crippen molar-refractivity contribution in [1.82, 2.24) is 14.8 Å². The smallest absolute Gasteiger partial charge is 0.239 e. The van der Waals surface area contributed by atoms with Crippen molar-refractivity contribution in [3.8, 4) is 5.69 Å². The molecule has 0 aliphatic heterocycles. The van der Waals surface area contributed by atoms with E-state index in [9.17, 15) is 12.8 Å².